The summed E-state index contributed by atoms with van der Waals surface area (Å²) in [5, 5.41) is 4.21. The van der Waals surface area contributed by atoms with E-state index in [0.717, 1.165) is 16.5 Å². The topological polar surface area (TPSA) is 12.0 Å². The lowest BCUT2D eigenvalue weighted by molar-refractivity contribution is 0.622. The zero-order chi connectivity index (χ0) is 12.3. The first-order valence-corrected chi connectivity index (χ1v) is 6.32. The van der Waals surface area contributed by atoms with Crippen LogP contribution in [-0.4, -0.2) is 7.05 Å². The molecule has 0 saturated carbocycles. The first-order chi connectivity index (χ1) is 8.24. The Morgan fingerprint density at radius 1 is 1.41 bits per heavy atom. The van der Waals surface area contributed by atoms with Gasteiger partial charge in [-0.25, -0.2) is 4.39 Å². The van der Waals surface area contributed by atoms with Gasteiger partial charge in [-0.3, -0.25) is 0 Å². The molecular weight excluding hydrogens is 233 g/mol. The minimum atomic E-state index is -0.184. The van der Waals surface area contributed by atoms with Crippen molar-refractivity contribution in [2.24, 2.45) is 0 Å². The maximum absolute atomic E-state index is 13.1. The number of halogens is 1. The summed E-state index contributed by atoms with van der Waals surface area (Å²) in [5.41, 5.74) is 0. The first kappa shape index (κ1) is 12.1. The van der Waals surface area contributed by atoms with Crippen molar-refractivity contribution in [3.05, 3.63) is 35.0 Å². The number of thiophene rings is 1. The van der Waals surface area contributed by atoms with Crippen LogP contribution in [0, 0.1) is 17.7 Å². The third-order valence-corrected chi connectivity index (χ3v) is 3.90. The van der Waals surface area contributed by atoms with E-state index >= 15 is 0 Å². The van der Waals surface area contributed by atoms with Crippen LogP contribution in [0.1, 0.15) is 24.3 Å². The molecule has 1 aromatic carbocycles. The van der Waals surface area contributed by atoms with Gasteiger partial charge in [-0.15, -0.1) is 23.2 Å². The zero-order valence-electron chi connectivity index (χ0n) is 9.88. The molecule has 0 aliphatic carbocycles. The van der Waals surface area contributed by atoms with Gasteiger partial charge in [0.25, 0.3) is 0 Å². The minimum Gasteiger partial charge on any atom is -0.312 e. The van der Waals surface area contributed by atoms with Gasteiger partial charge >= 0.3 is 0 Å². The molecule has 1 atom stereocenters. The third-order valence-electron chi connectivity index (χ3n) is 2.67. The molecule has 1 aromatic heterocycles. The Balaban J connectivity index is 2.36. The molecular formula is C14H14FNS. The third kappa shape index (κ3) is 2.66. The van der Waals surface area contributed by atoms with Gasteiger partial charge in [0, 0.05) is 16.0 Å². The molecule has 88 valence electrons. The fraction of sp³-hybridized carbons (Fsp3) is 0.286. The van der Waals surface area contributed by atoms with Crippen LogP contribution in [0.5, 0.6) is 0 Å². The number of nitrogens with one attached hydrogen (secondary N) is 1. The monoisotopic (exact) mass is 247 g/mol. The van der Waals surface area contributed by atoms with Gasteiger partial charge in [0.15, 0.2) is 0 Å². The lowest BCUT2D eigenvalue weighted by Crippen LogP contribution is -2.14. The Kier molecular flexibility index (Phi) is 3.78. The number of fused-ring (bicyclic) bond motifs is 1. The highest BCUT2D eigenvalue weighted by Crippen LogP contribution is 2.31. The minimum absolute atomic E-state index is 0.184. The number of hydrogen-bond acceptors (Lipinski definition) is 2. The Labute approximate surface area is 105 Å². The molecule has 2 rings (SSSR count). The Hall–Kier alpha value is -1.37. The predicted molar refractivity (Wildman–Crippen MR) is 71.7 cm³/mol. The van der Waals surface area contributed by atoms with Gasteiger partial charge in [0.05, 0.1) is 6.04 Å². The highest BCUT2D eigenvalue weighted by molar-refractivity contribution is 7.19. The van der Waals surface area contributed by atoms with E-state index in [0.29, 0.717) is 0 Å². The fourth-order valence-corrected chi connectivity index (χ4v) is 2.91. The summed E-state index contributed by atoms with van der Waals surface area (Å²) in [6, 6.07) is 7.18. The summed E-state index contributed by atoms with van der Waals surface area (Å²) in [4.78, 5) is 1.20. The first-order valence-electron chi connectivity index (χ1n) is 5.50. The highest BCUT2D eigenvalue weighted by atomic mass is 32.1. The summed E-state index contributed by atoms with van der Waals surface area (Å²) in [6.07, 6.45) is 0.780. The van der Waals surface area contributed by atoms with Crippen molar-refractivity contribution < 1.29 is 4.39 Å². The molecule has 0 aliphatic heterocycles. The average Bonchev–Trinajstić information content (AvgIpc) is 2.72. The van der Waals surface area contributed by atoms with Gasteiger partial charge in [0.2, 0.25) is 0 Å². The van der Waals surface area contributed by atoms with Crippen LogP contribution in [0.2, 0.25) is 0 Å². The molecule has 0 fully saturated rings. The number of benzene rings is 1. The second-order valence-corrected chi connectivity index (χ2v) is 4.92. The normalized spacial score (nSPS) is 12.2. The maximum atomic E-state index is 13.1. The van der Waals surface area contributed by atoms with E-state index in [2.05, 4.69) is 17.2 Å². The summed E-state index contributed by atoms with van der Waals surface area (Å²) in [7, 11) is 1.92. The second kappa shape index (κ2) is 5.31. The van der Waals surface area contributed by atoms with Crippen LogP contribution in [0.25, 0.3) is 10.1 Å². The van der Waals surface area contributed by atoms with E-state index < -0.39 is 0 Å². The average molecular weight is 247 g/mol. The predicted octanol–water partition coefficient (Wildman–Crippen LogP) is 3.71. The fourth-order valence-electron chi connectivity index (χ4n) is 1.76. The largest absolute Gasteiger partial charge is 0.312 e. The molecule has 3 heteroatoms. The molecule has 0 amide bonds. The van der Waals surface area contributed by atoms with E-state index in [4.69, 9.17) is 0 Å². The Morgan fingerprint density at radius 3 is 2.94 bits per heavy atom. The van der Waals surface area contributed by atoms with Crippen molar-refractivity contribution in [3.63, 3.8) is 0 Å². The van der Waals surface area contributed by atoms with Crippen molar-refractivity contribution in [1.82, 2.24) is 5.32 Å². The molecule has 1 nitrogen and oxygen atoms in total. The Morgan fingerprint density at radius 2 is 2.24 bits per heavy atom. The van der Waals surface area contributed by atoms with Crippen LogP contribution < -0.4 is 5.32 Å². The van der Waals surface area contributed by atoms with Crippen LogP contribution in [0.4, 0.5) is 4.39 Å². The number of rotatable bonds is 3. The van der Waals surface area contributed by atoms with Gasteiger partial charge < -0.3 is 5.32 Å². The zero-order valence-corrected chi connectivity index (χ0v) is 10.7. The van der Waals surface area contributed by atoms with Crippen molar-refractivity contribution in [1.29, 1.82) is 0 Å². The lowest BCUT2D eigenvalue weighted by Gasteiger charge is -2.09. The van der Waals surface area contributed by atoms with Crippen molar-refractivity contribution in [2.45, 2.75) is 19.4 Å². The summed E-state index contributed by atoms with van der Waals surface area (Å²) < 4.78 is 14.2. The van der Waals surface area contributed by atoms with Gasteiger partial charge in [-0.05, 0) is 43.6 Å². The standard InChI is InChI=1S/C14H14FNS/c1-3-4-5-12(16-2)14-9-10-8-11(15)6-7-13(10)17-14/h6-9,12,16H,5H2,1-2H3. The molecule has 0 spiro atoms. The SMILES string of the molecule is CC#CCC(NC)c1cc2cc(F)ccc2s1. The number of hydrogen-bond donors (Lipinski definition) is 1. The van der Waals surface area contributed by atoms with Crippen molar-refractivity contribution >= 4 is 21.4 Å². The molecule has 0 aliphatic rings. The van der Waals surface area contributed by atoms with Gasteiger partial charge in [-0.1, -0.05) is 0 Å². The Bertz CT molecular complexity index is 577. The molecule has 1 N–H and O–H groups in total. The molecule has 1 unspecified atom stereocenters. The van der Waals surface area contributed by atoms with Crippen LogP contribution in [-0.2, 0) is 0 Å². The lowest BCUT2D eigenvalue weighted by atomic mass is 10.1. The van der Waals surface area contributed by atoms with E-state index in [-0.39, 0.29) is 11.9 Å². The van der Waals surface area contributed by atoms with Crippen molar-refractivity contribution in [2.75, 3.05) is 7.05 Å². The van der Waals surface area contributed by atoms with E-state index in [9.17, 15) is 4.39 Å². The maximum Gasteiger partial charge on any atom is 0.123 e. The molecule has 0 radical (unpaired) electrons. The summed E-state index contributed by atoms with van der Waals surface area (Å²) >= 11 is 1.69. The molecule has 0 bridgehead atoms. The van der Waals surface area contributed by atoms with Gasteiger partial charge in [-0.2, -0.15) is 0 Å². The highest BCUT2D eigenvalue weighted by Gasteiger charge is 2.11. The van der Waals surface area contributed by atoms with E-state index in [1.165, 1.54) is 10.9 Å². The molecule has 17 heavy (non-hydrogen) atoms. The quantitative estimate of drug-likeness (QED) is 0.815. The van der Waals surface area contributed by atoms with E-state index in [1.54, 1.807) is 17.4 Å². The molecule has 1 heterocycles. The van der Waals surface area contributed by atoms with Crippen LogP contribution in [0.15, 0.2) is 24.3 Å². The van der Waals surface area contributed by atoms with Crippen LogP contribution in [0.3, 0.4) is 0 Å². The smallest absolute Gasteiger partial charge is 0.123 e. The van der Waals surface area contributed by atoms with Gasteiger partial charge in [0.1, 0.15) is 5.82 Å². The molecule has 0 saturated heterocycles. The summed E-state index contributed by atoms with van der Waals surface area (Å²) in [5.74, 6) is 5.79. The summed E-state index contributed by atoms with van der Waals surface area (Å²) in [6.45, 7) is 1.84. The van der Waals surface area contributed by atoms with E-state index in [1.807, 2.05) is 26.1 Å². The second-order valence-electron chi connectivity index (χ2n) is 3.80. The van der Waals surface area contributed by atoms with Crippen LogP contribution >= 0.6 is 11.3 Å². The molecule has 2 aromatic rings. The van der Waals surface area contributed by atoms with Crippen molar-refractivity contribution in [3.8, 4) is 11.8 Å².